The molecule has 4 heteroatoms. The van der Waals surface area contributed by atoms with Gasteiger partial charge in [-0.15, -0.1) is 0 Å². The van der Waals surface area contributed by atoms with E-state index in [-0.39, 0.29) is 6.04 Å². The number of ether oxygens (including phenoxy) is 1. The Morgan fingerprint density at radius 1 is 1.20 bits per heavy atom. The van der Waals surface area contributed by atoms with Gasteiger partial charge in [-0.05, 0) is 42.9 Å². The molecular weight excluding hydrogens is 194 g/mol. The largest absolute Gasteiger partial charge is 0.462 e. The first-order chi connectivity index (χ1) is 7.22. The Bertz CT molecular complexity index is 312. The third-order valence-corrected chi connectivity index (χ3v) is 4.40. The normalized spacial score (nSPS) is 44.7. The van der Waals surface area contributed by atoms with E-state index >= 15 is 0 Å². The van der Waals surface area contributed by atoms with Gasteiger partial charge in [-0.1, -0.05) is 0 Å². The van der Waals surface area contributed by atoms with Gasteiger partial charge >= 0.3 is 11.9 Å². The number of hydrogen-bond acceptors (Lipinski definition) is 3. The summed E-state index contributed by atoms with van der Waals surface area (Å²) in [7, 11) is 1.24. The predicted octanol–water partition coefficient (Wildman–Crippen LogP) is 0.320. The molecular formula is C11H15NO3. The number of nitrogens with one attached hydrogen (secondary N) is 1. The maximum Gasteiger partial charge on any atom is 0.396 e. The van der Waals surface area contributed by atoms with Gasteiger partial charge in [-0.25, -0.2) is 4.79 Å². The van der Waals surface area contributed by atoms with Crippen molar-refractivity contribution < 1.29 is 14.3 Å². The quantitative estimate of drug-likeness (QED) is 0.500. The Balaban J connectivity index is 1.60. The van der Waals surface area contributed by atoms with Crippen LogP contribution in [0.25, 0.3) is 0 Å². The first kappa shape index (κ1) is 9.19. The number of esters is 1. The molecule has 3 saturated carbocycles. The highest BCUT2D eigenvalue weighted by Crippen LogP contribution is 2.65. The van der Waals surface area contributed by atoms with E-state index in [1.165, 1.54) is 26.4 Å². The highest BCUT2D eigenvalue weighted by molar-refractivity contribution is 6.32. The van der Waals surface area contributed by atoms with Crippen LogP contribution >= 0.6 is 0 Å². The zero-order valence-electron chi connectivity index (χ0n) is 8.73. The zero-order chi connectivity index (χ0) is 10.6. The topological polar surface area (TPSA) is 55.4 Å². The van der Waals surface area contributed by atoms with E-state index in [0.717, 1.165) is 11.8 Å². The smallest absolute Gasteiger partial charge is 0.396 e. The molecule has 1 amide bonds. The SMILES string of the molecule is COC(=O)C(=O)NC1C2C3CCC(C3)C12. The van der Waals surface area contributed by atoms with Gasteiger partial charge in [0.05, 0.1) is 7.11 Å². The van der Waals surface area contributed by atoms with Crippen molar-refractivity contribution in [3.8, 4) is 0 Å². The number of methoxy groups -OCH3 is 1. The molecule has 0 heterocycles. The molecule has 0 aromatic rings. The number of hydrogen-bond donors (Lipinski definition) is 1. The Morgan fingerprint density at radius 2 is 1.80 bits per heavy atom. The lowest BCUT2D eigenvalue weighted by molar-refractivity contribution is -0.152. The second-order valence-corrected chi connectivity index (χ2v) is 4.98. The molecule has 0 radical (unpaired) electrons. The van der Waals surface area contributed by atoms with Crippen molar-refractivity contribution in [2.75, 3.05) is 7.11 Å². The van der Waals surface area contributed by atoms with Crippen molar-refractivity contribution in [1.29, 1.82) is 0 Å². The van der Waals surface area contributed by atoms with E-state index in [4.69, 9.17) is 0 Å². The van der Waals surface area contributed by atoms with Crippen molar-refractivity contribution in [3.63, 3.8) is 0 Å². The van der Waals surface area contributed by atoms with Crippen LogP contribution in [0.2, 0.25) is 0 Å². The fraction of sp³-hybridized carbons (Fsp3) is 0.818. The minimum atomic E-state index is -0.771. The van der Waals surface area contributed by atoms with Crippen molar-refractivity contribution in [2.24, 2.45) is 23.7 Å². The standard InChI is InChI=1S/C11H15NO3/c1-15-11(14)10(13)12-9-7-5-2-3-6(4-5)8(7)9/h5-9H,2-4H2,1H3,(H,12,13). The maximum atomic E-state index is 11.3. The van der Waals surface area contributed by atoms with Crippen LogP contribution in [0.5, 0.6) is 0 Å². The van der Waals surface area contributed by atoms with Crippen LogP contribution in [-0.2, 0) is 14.3 Å². The molecule has 0 aromatic carbocycles. The van der Waals surface area contributed by atoms with Gasteiger partial charge in [0.1, 0.15) is 0 Å². The molecule has 3 aliphatic carbocycles. The lowest BCUT2D eigenvalue weighted by Crippen LogP contribution is -2.36. The van der Waals surface area contributed by atoms with E-state index in [9.17, 15) is 9.59 Å². The summed E-state index contributed by atoms with van der Waals surface area (Å²) in [6.45, 7) is 0. The molecule has 2 bridgehead atoms. The Morgan fingerprint density at radius 3 is 2.33 bits per heavy atom. The second-order valence-electron chi connectivity index (χ2n) is 4.98. The minimum absolute atomic E-state index is 0.267. The summed E-state index contributed by atoms with van der Waals surface area (Å²) in [5.74, 6) is 1.60. The highest BCUT2D eigenvalue weighted by atomic mass is 16.5. The van der Waals surface area contributed by atoms with Gasteiger partial charge in [0.15, 0.2) is 0 Å². The van der Waals surface area contributed by atoms with Crippen molar-refractivity contribution in [1.82, 2.24) is 5.32 Å². The van der Waals surface area contributed by atoms with E-state index in [2.05, 4.69) is 10.1 Å². The third-order valence-electron chi connectivity index (χ3n) is 4.40. The first-order valence-electron chi connectivity index (χ1n) is 5.61. The summed E-state index contributed by atoms with van der Waals surface area (Å²) in [6, 6.07) is 0.267. The van der Waals surface area contributed by atoms with E-state index in [1.807, 2.05) is 0 Å². The number of amides is 1. The Hall–Kier alpha value is -1.06. The molecule has 0 aliphatic heterocycles. The van der Waals surface area contributed by atoms with Crippen LogP contribution in [0.15, 0.2) is 0 Å². The van der Waals surface area contributed by atoms with Crippen LogP contribution in [0.1, 0.15) is 19.3 Å². The van der Waals surface area contributed by atoms with Gasteiger partial charge in [0, 0.05) is 6.04 Å². The van der Waals surface area contributed by atoms with Gasteiger partial charge in [-0.3, -0.25) is 4.79 Å². The van der Waals surface area contributed by atoms with Gasteiger partial charge in [0.2, 0.25) is 0 Å². The van der Waals surface area contributed by atoms with Crippen molar-refractivity contribution in [2.45, 2.75) is 25.3 Å². The van der Waals surface area contributed by atoms with Crippen LogP contribution < -0.4 is 5.32 Å². The summed E-state index contributed by atoms with van der Waals surface area (Å²) in [6.07, 6.45) is 3.98. The fourth-order valence-electron chi connectivity index (χ4n) is 3.82. The average molecular weight is 209 g/mol. The maximum absolute atomic E-state index is 11.3. The Labute approximate surface area is 88.4 Å². The molecule has 3 rings (SSSR count). The van der Waals surface area contributed by atoms with Crippen LogP contribution in [0.3, 0.4) is 0 Å². The van der Waals surface area contributed by atoms with Gasteiger partial charge < -0.3 is 10.1 Å². The number of carbonyl (C=O) groups is 2. The molecule has 4 atom stereocenters. The van der Waals surface area contributed by atoms with Gasteiger partial charge in [0.25, 0.3) is 0 Å². The number of carbonyl (C=O) groups excluding carboxylic acids is 2. The third kappa shape index (κ3) is 1.20. The summed E-state index contributed by atoms with van der Waals surface area (Å²) in [5, 5.41) is 2.79. The fourth-order valence-corrected chi connectivity index (χ4v) is 3.82. The van der Waals surface area contributed by atoms with Crippen molar-refractivity contribution >= 4 is 11.9 Å². The molecule has 4 unspecified atom stereocenters. The molecule has 82 valence electrons. The summed E-state index contributed by atoms with van der Waals surface area (Å²) < 4.78 is 4.38. The molecule has 1 N–H and O–H groups in total. The second kappa shape index (κ2) is 2.97. The van der Waals surface area contributed by atoms with E-state index in [1.54, 1.807) is 0 Å². The number of fused-ring (bicyclic) bond motifs is 5. The molecule has 3 fully saturated rings. The minimum Gasteiger partial charge on any atom is -0.462 e. The molecule has 0 saturated heterocycles. The lowest BCUT2D eigenvalue weighted by Gasteiger charge is -2.09. The monoisotopic (exact) mass is 209 g/mol. The molecule has 15 heavy (non-hydrogen) atoms. The van der Waals surface area contributed by atoms with Crippen LogP contribution in [-0.4, -0.2) is 25.0 Å². The number of rotatable bonds is 1. The van der Waals surface area contributed by atoms with E-state index in [0.29, 0.717) is 11.8 Å². The summed E-state index contributed by atoms with van der Waals surface area (Å²) in [5.41, 5.74) is 0. The van der Waals surface area contributed by atoms with E-state index < -0.39 is 11.9 Å². The van der Waals surface area contributed by atoms with Crippen LogP contribution in [0, 0.1) is 23.7 Å². The van der Waals surface area contributed by atoms with Gasteiger partial charge in [-0.2, -0.15) is 0 Å². The first-order valence-corrected chi connectivity index (χ1v) is 5.61. The average Bonchev–Trinajstić information content (AvgIpc) is 2.66. The molecule has 0 aromatic heterocycles. The highest BCUT2D eigenvalue weighted by Gasteiger charge is 2.65. The summed E-state index contributed by atoms with van der Waals surface area (Å²) >= 11 is 0. The lowest BCUT2D eigenvalue weighted by atomic mass is 10.0. The van der Waals surface area contributed by atoms with Crippen LogP contribution in [0.4, 0.5) is 0 Å². The Kier molecular flexibility index (Phi) is 1.82. The predicted molar refractivity (Wildman–Crippen MR) is 51.8 cm³/mol. The molecule has 4 nitrogen and oxygen atoms in total. The zero-order valence-corrected chi connectivity index (χ0v) is 8.73. The molecule has 0 spiro atoms. The molecule has 3 aliphatic rings. The summed E-state index contributed by atoms with van der Waals surface area (Å²) in [4.78, 5) is 22.2. The van der Waals surface area contributed by atoms with Crippen molar-refractivity contribution in [3.05, 3.63) is 0 Å².